The fourth-order valence-corrected chi connectivity index (χ4v) is 1.90. The van der Waals surface area contributed by atoms with Crippen LogP contribution in [-0.2, 0) is 18.4 Å². The van der Waals surface area contributed by atoms with Gasteiger partial charge in [0.2, 0.25) is 0 Å². The maximum Gasteiger partial charge on any atom is 0.126 e. The molecule has 0 bridgehead atoms. The van der Waals surface area contributed by atoms with E-state index < -0.39 is 0 Å². The summed E-state index contributed by atoms with van der Waals surface area (Å²) < 4.78 is 2.18. The van der Waals surface area contributed by atoms with Crippen LogP contribution in [0.4, 0.5) is 5.82 Å². The predicted molar refractivity (Wildman–Crippen MR) is 69.6 cm³/mol. The number of aryl methyl sites for hydroxylation is 1. The summed E-state index contributed by atoms with van der Waals surface area (Å²) in [7, 11) is 0. The number of nitrogens with two attached hydrogens (primary N) is 1. The molecule has 0 aromatic carbocycles. The average molecular weight is 223 g/mol. The summed E-state index contributed by atoms with van der Waals surface area (Å²) in [5.74, 6) is 2.54. The summed E-state index contributed by atoms with van der Waals surface area (Å²) in [5, 5.41) is 0. The van der Waals surface area contributed by atoms with Gasteiger partial charge in [-0.25, -0.2) is 4.98 Å². The Morgan fingerprint density at radius 1 is 1.31 bits per heavy atom. The van der Waals surface area contributed by atoms with Gasteiger partial charge in [-0.3, -0.25) is 0 Å². The van der Waals surface area contributed by atoms with Crippen LogP contribution in [0.3, 0.4) is 0 Å². The van der Waals surface area contributed by atoms with Crippen molar-refractivity contribution in [3.05, 3.63) is 11.5 Å². The van der Waals surface area contributed by atoms with E-state index in [0.717, 1.165) is 30.3 Å². The molecule has 0 amide bonds. The van der Waals surface area contributed by atoms with Crippen molar-refractivity contribution in [3.63, 3.8) is 0 Å². The molecule has 0 radical (unpaired) electrons. The smallest absolute Gasteiger partial charge is 0.126 e. The summed E-state index contributed by atoms with van der Waals surface area (Å²) >= 11 is 0. The van der Waals surface area contributed by atoms with Crippen molar-refractivity contribution in [2.75, 3.05) is 5.73 Å². The Kier molecular flexibility index (Phi) is 3.66. The van der Waals surface area contributed by atoms with E-state index in [2.05, 4.69) is 46.1 Å². The topological polar surface area (TPSA) is 43.8 Å². The van der Waals surface area contributed by atoms with Crippen molar-refractivity contribution in [1.82, 2.24) is 9.55 Å². The molecule has 0 saturated carbocycles. The van der Waals surface area contributed by atoms with Crippen LogP contribution >= 0.6 is 0 Å². The van der Waals surface area contributed by atoms with Crippen molar-refractivity contribution in [1.29, 1.82) is 0 Å². The molecule has 1 heterocycles. The van der Waals surface area contributed by atoms with E-state index in [9.17, 15) is 0 Å². The second-order valence-electron chi connectivity index (χ2n) is 5.88. The lowest BCUT2D eigenvalue weighted by Crippen LogP contribution is -2.21. The first-order chi connectivity index (χ1) is 7.27. The highest BCUT2D eigenvalue weighted by Gasteiger charge is 2.24. The third-order valence-corrected chi connectivity index (χ3v) is 2.64. The van der Waals surface area contributed by atoms with Gasteiger partial charge in [-0.05, 0) is 12.3 Å². The molecule has 0 fully saturated rings. The summed E-state index contributed by atoms with van der Waals surface area (Å²) in [6, 6.07) is 0. The average Bonchev–Trinajstić information content (AvgIpc) is 2.42. The molecule has 0 saturated heterocycles. The molecule has 0 unspecified atom stereocenters. The van der Waals surface area contributed by atoms with Gasteiger partial charge in [0.1, 0.15) is 11.6 Å². The van der Waals surface area contributed by atoms with Gasteiger partial charge in [-0.15, -0.1) is 0 Å². The first-order valence-corrected chi connectivity index (χ1v) is 6.12. The summed E-state index contributed by atoms with van der Waals surface area (Å²) in [6.45, 7) is 14.0. The Morgan fingerprint density at radius 2 is 1.88 bits per heavy atom. The zero-order valence-corrected chi connectivity index (χ0v) is 11.5. The first kappa shape index (κ1) is 13.1. The number of nitrogens with zero attached hydrogens (tertiary/aromatic N) is 2. The normalized spacial score (nSPS) is 12.4. The molecule has 0 aliphatic rings. The van der Waals surface area contributed by atoms with E-state index >= 15 is 0 Å². The predicted octanol–water partition coefficient (Wildman–Crippen LogP) is 2.98. The molecule has 0 spiro atoms. The highest BCUT2D eigenvalue weighted by molar-refractivity contribution is 5.39. The van der Waals surface area contributed by atoms with Crippen LogP contribution in [0.15, 0.2) is 0 Å². The van der Waals surface area contributed by atoms with Crippen LogP contribution in [0.25, 0.3) is 0 Å². The second-order valence-corrected chi connectivity index (χ2v) is 5.88. The molecule has 1 aromatic heterocycles. The van der Waals surface area contributed by atoms with Gasteiger partial charge in [-0.2, -0.15) is 0 Å². The fraction of sp³-hybridized carbons (Fsp3) is 0.769. The van der Waals surface area contributed by atoms with E-state index in [1.54, 1.807) is 0 Å². The molecule has 2 N–H and O–H groups in total. The minimum Gasteiger partial charge on any atom is -0.384 e. The van der Waals surface area contributed by atoms with Gasteiger partial charge in [-0.1, -0.05) is 41.5 Å². The molecule has 1 aromatic rings. The van der Waals surface area contributed by atoms with Crippen molar-refractivity contribution >= 4 is 5.82 Å². The Morgan fingerprint density at radius 3 is 2.25 bits per heavy atom. The summed E-state index contributed by atoms with van der Waals surface area (Å²) in [4.78, 5) is 4.69. The third kappa shape index (κ3) is 2.57. The summed E-state index contributed by atoms with van der Waals surface area (Å²) in [6.07, 6.45) is 0.903. The van der Waals surface area contributed by atoms with Gasteiger partial charge < -0.3 is 10.3 Å². The van der Waals surface area contributed by atoms with Crippen LogP contribution in [0.2, 0.25) is 0 Å². The molecule has 92 valence electrons. The summed E-state index contributed by atoms with van der Waals surface area (Å²) in [5.41, 5.74) is 7.25. The third-order valence-electron chi connectivity index (χ3n) is 2.64. The van der Waals surface area contributed by atoms with E-state index in [-0.39, 0.29) is 5.41 Å². The maximum atomic E-state index is 6.16. The molecule has 16 heavy (non-hydrogen) atoms. The van der Waals surface area contributed by atoms with Crippen molar-refractivity contribution < 1.29 is 0 Å². The van der Waals surface area contributed by atoms with Crippen LogP contribution in [0.5, 0.6) is 0 Å². The quantitative estimate of drug-likeness (QED) is 0.856. The molecule has 0 aliphatic heterocycles. The monoisotopic (exact) mass is 223 g/mol. The van der Waals surface area contributed by atoms with Gasteiger partial charge in [0.05, 0.1) is 5.69 Å². The molecular formula is C13H25N3. The highest BCUT2D eigenvalue weighted by Crippen LogP contribution is 2.27. The molecular weight excluding hydrogens is 198 g/mol. The van der Waals surface area contributed by atoms with E-state index in [1.165, 1.54) is 0 Å². The number of hydrogen-bond donors (Lipinski definition) is 1. The minimum absolute atomic E-state index is 0.0520. The van der Waals surface area contributed by atoms with Gasteiger partial charge in [0.25, 0.3) is 0 Å². The van der Waals surface area contributed by atoms with Crippen LogP contribution < -0.4 is 5.73 Å². The van der Waals surface area contributed by atoms with Gasteiger partial charge in [0, 0.05) is 12.0 Å². The second kappa shape index (κ2) is 4.48. The van der Waals surface area contributed by atoms with Crippen LogP contribution in [0, 0.1) is 5.92 Å². The van der Waals surface area contributed by atoms with E-state index in [4.69, 9.17) is 10.7 Å². The number of anilines is 1. The largest absolute Gasteiger partial charge is 0.384 e. The Balaban J connectivity index is 3.25. The van der Waals surface area contributed by atoms with Crippen LogP contribution in [0.1, 0.15) is 53.1 Å². The van der Waals surface area contributed by atoms with Gasteiger partial charge >= 0.3 is 0 Å². The SMILES string of the molecule is CCc1nc(C(C)(C)C)n(CC(C)C)c1N. The van der Waals surface area contributed by atoms with Crippen molar-refractivity contribution in [2.24, 2.45) is 5.92 Å². The number of nitrogen functional groups attached to an aromatic ring is 1. The maximum absolute atomic E-state index is 6.16. The van der Waals surface area contributed by atoms with Crippen molar-refractivity contribution in [2.45, 2.75) is 59.9 Å². The molecule has 1 rings (SSSR count). The van der Waals surface area contributed by atoms with E-state index in [0.29, 0.717) is 5.92 Å². The number of rotatable bonds is 3. The lowest BCUT2D eigenvalue weighted by Gasteiger charge is -2.21. The highest BCUT2D eigenvalue weighted by atomic mass is 15.2. The van der Waals surface area contributed by atoms with Crippen molar-refractivity contribution in [3.8, 4) is 0 Å². The zero-order chi connectivity index (χ0) is 12.5. The molecule has 0 aliphatic carbocycles. The lowest BCUT2D eigenvalue weighted by molar-refractivity contribution is 0.454. The Hall–Kier alpha value is -0.990. The minimum atomic E-state index is 0.0520. The standard InChI is InChI=1S/C13H25N3/c1-7-10-11(14)16(8-9(2)3)12(15-10)13(4,5)6/h9H,7-8,14H2,1-6H3. The zero-order valence-electron chi connectivity index (χ0n) is 11.5. The van der Waals surface area contributed by atoms with Gasteiger partial charge in [0.15, 0.2) is 0 Å². The van der Waals surface area contributed by atoms with Crippen LogP contribution in [-0.4, -0.2) is 9.55 Å². The molecule has 3 heteroatoms. The number of imidazole rings is 1. The first-order valence-electron chi connectivity index (χ1n) is 6.12. The fourth-order valence-electron chi connectivity index (χ4n) is 1.90. The molecule has 0 atom stereocenters. The number of hydrogen-bond acceptors (Lipinski definition) is 2. The number of aromatic nitrogens is 2. The molecule has 3 nitrogen and oxygen atoms in total. The Bertz CT molecular complexity index is 356. The lowest BCUT2D eigenvalue weighted by atomic mass is 9.95. The Labute approximate surface area is 99.1 Å². The van der Waals surface area contributed by atoms with E-state index in [1.807, 2.05) is 0 Å².